The summed E-state index contributed by atoms with van der Waals surface area (Å²) in [4.78, 5) is 23.6. The maximum atomic E-state index is 12.3. The van der Waals surface area contributed by atoms with Gasteiger partial charge in [0.05, 0.1) is 18.3 Å². The third-order valence-electron chi connectivity index (χ3n) is 4.37. The van der Waals surface area contributed by atoms with Gasteiger partial charge < -0.3 is 10.4 Å². The normalized spacial score (nSPS) is 26.7. The molecule has 7 nitrogen and oxygen atoms in total. The fourth-order valence-corrected chi connectivity index (χ4v) is 4.02. The second-order valence-corrected chi connectivity index (χ2v) is 7.70. The lowest BCUT2D eigenvalue weighted by Gasteiger charge is -2.47. The summed E-state index contributed by atoms with van der Waals surface area (Å²) in [5.41, 5.74) is -0.285. The van der Waals surface area contributed by atoms with Crippen LogP contribution >= 0.6 is 0 Å². The van der Waals surface area contributed by atoms with E-state index in [1.165, 1.54) is 17.8 Å². The molecule has 23 heavy (non-hydrogen) atoms. The van der Waals surface area contributed by atoms with Gasteiger partial charge >= 0.3 is 0 Å². The number of amides is 1. The minimum Gasteiger partial charge on any atom is -0.394 e. The van der Waals surface area contributed by atoms with Crippen LogP contribution in [0.15, 0.2) is 6.20 Å². The molecule has 1 aromatic rings. The summed E-state index contributed by atoms with van der Waals surface area (Å²) in [7, 11) is 0. The van der Waals surface area contributed by atoms with Gasteiger partial charge in [0.2, 0.25) is 5.91 Å². The number of hydrogen-bond donors (Lipinski definition) is 2. The summed E-state index contributed by atoms with van der Waals surface area (Å²) in [6, 6.07) is 0. The molecule has 0 bridgehead atoms. The van der Waals surface area contributed by atoms with Crippen LogP contribution in [0.1, 0.15) is 57.4 Å². The van der Waals surface area contributed by atoms with Crippen molar-refractivity contribution in [3.05, 3.63) is 11.9 Å². The van der Waals surface area contributed by atoms with E-state index in [0.717, 1.165) is 19.3 Å². The molecule has 0 aromatic carbocycles. The molecular weight excluding hydrogens is 296 g/mol. The molecule has 0 radical (unpaired) electrons. The molecule has 2 unspecified atom stereocenters. The smallest absolute Gasteiger partial charge is 0.242 e. The van der Waals surface area contributed by atoms with E-state index in [-0.39, 0.29) is 36.0 Å². The molecule has 1 aliphatic carbocycles. The topological polar surface area (TPSA) is 97.1 Å². The van der Waals surface area contributed by atoms with E-state index in [4.69, 9.17) is 0 Å². The minimum atomic E-state index is -0.595. The first-order chi connectivity index (χ1) is 10.6. The maximum Gasteiger partial charge on any atom is 0.242 e. The summed E-state index contributed by atoms with van der Waals surface area (Å²) in [5.74, 6) is 0.0113. The second kappa shape index (κ2) is 6.39. The van der Waals surface area contributed by atoms with Crippen LogP contribution in [0.25, 0.3) is 0 Å². The fraction of sp³-hybridized carbons (Fsp3) is 0.750. The van der Waals surface area contributed by atoms with Crippen LogP contribution in [0.4, 0.5) is 0 Å². The van der Waals surface area contributed by atoms with E-state index in [1.807, 2.05) is 0 Å². The van der Waals surface area contributed by atoms with E-state index in [9.17, 15) is 14.7 Å². The van der Waals surface area contributed by atoms with E-state index < -0.39 is 5.54 Å². The zero-order valence-corrected chi connectivity index (χ0v) is 14.3. The van der Waals surface area contributed by atoms with Gasteiger partial charge in [-0.1, -0.05) is 26.0 Å². The molecule has 2 rings (SSSR count). The van der Waals surface area contributed by atoms with Gasteiger partial charge in [-0.25, -0.2) is 4.68 Å². The monoisotopic (exact) mass is 322 g/mol. The Bertz CT molecular complexity index is 596. The van der Waals surface area contributed by atoms with Gasteiger partial charge in [0, 0.05) is 6.92 Å². The predicted molar refractivity (Wildman–Crippen MR) is 84.8 cm³/mol. The third-order valence-corrected chi connectivity index (χ3v) is 4.37. The number of nitrogens with zero attached hydrogens (tertiary/aromatic N) is 3. The molecule has 0 spiro atoms. The summed E-state index contributed by atoms with van der Waals surface area (Å²) in [6.07, 6.45) is 4.04. The SMILES string of the molecule is CC(=O)c1cn(CC(=O)NC2(CO)CC(C)CC(C)(C)C2)nn1. The molecule has 1 fully saturated rings. The highest BCUT2D eigenvalue weighted by Gasteiger charge is 2.43. The van der Waals surface area contributed by atoms with Crippen LogP contribution in [-0.2, 0) is 11.3 Å². The van der Waals surface area contributed by atoms with Crippen molar-refractivity contribution in [2.75, 3.05) is 6.61 Å². The van der Waals surface area contributed by atoms with Crippen molar-refractivity contribution < 1.29 is 14.7 Å². The van der Waals surface area contributed by atoms with E-state index in [2.05, 4.69) is 36.4 Å². The van der Waals surface area contributed by atoms with Gasteiger partial charge in [-0.3, -0.25) is 9.59 Å². The first-order valence-corrected chi connectivity index (χ1v) is 7.98. The first-order valence-electron chi connectivity index (χ1n) is 7.98. The number of aliphatic hydroxyl groups is 1. The van der Waals surface area contributed by atoms with Crippen molar-refractivity contribution in [3.63, 3.8) is 0 Å². The quantitative estimate of drug-likeness (QED) is 0.793. The number of carbonyl (C=O) groups excluding carboxylic acids is 2. The molecule has 7 heteroatoms. The van der Waals surface area contributed by atoms with Crippen molar-refractivity contribution in [1.82, 2.24) is 20.3 Å². The van der Waals surface area contributed by atoms with Gasteiger partial charge in [-0.15, -0.1) is 5.10 Å². The molecule has 1 aliphatic rings. The number of aromatic nitrogens is 3. The van der Waals surface area contributed by atoms with Gasteiger partial charge in [0.1, 0.15) is 12.2 Å². The number of ketones is 1. The molecule has 2 atom stereocenters. The summed E-state index contributed by atoms with van der Waals surface area (Å²) >= 11 is 0. The van der Waals surface area contributed by atoms with Crippen LogP contribution in [0, 0.1) is 11.3 Å². The van der Waals surface area contributed by atoms with E-state index in [1.54, 1.807) is 0 Å². The van der Waals surface area contributed by atoms with Crippen LogP contribution in [-0.4, -0.2) is 43.9 Å². The number of carbonyl (C=O) groups is 2. The molecular formula is C16H26N4O3. The lowest BCUT2D eigenvalue weighted by Crippen LogP contribution is -2.57. The van der Waals surface area contributed by atoms with Gasteiger partial charge in [-0.05, 0) is 30.6 Å². The Morgan fingerprint density at radius 2 is 2.13 bits per heavy atom. The van der Waals surface area contributed by atoms with Crippen molar-refractivity contribution >= 4 is 11.7 Å². The lowest BCUT2D eigenvalue weighted by atomic mass is 9.64. The number of nitrogens with one attached hydrogen (secondary N) is 1. The number of Topliss-reactive ketones (excluding diaryl/α,β-unsaturated/α-hetero) is 1. The Labute approximate surface area is 136 Å². The van der Waals surface area contributed by atoms with Crippen LogP contribution in [0.5, 0.6) is 0 Å². The summed E-state index contributed by atoms with van der Waals surface area (Å²) < 4.78 is 1.34. The van der Waals surface area contributed by atoms with Gasteiger partial charge in [-0.2, -0.15) is 0 Å². The standard InChI is InChI=1S/C16H26N4O3/c1-11-5-15(3,4)9-16(6-11,10-21)17-14(23)8-20-7-13(12(2)22)18-19-20/h7,11,21H,5-6,8-10H2,1-4H3,(H,17,23). The van der Waals surface area contributed by atoms with Crippen molar-refractivity contribution in [2.24, 2.45) is 11.3 Å². The van der Waals surface area contributed by atoms with Crippen LogP contribution in [0.2, 0.25) is 0 Å². The molecule has 0 saturated heterocycles. The molecule has 2 N–H and O–H groups in total. The molecule has 1 amide bonds. The second-order valence-electron chi connectivity index (χ2n) is 7.70. The van der Waals surface area contributed by atoms with Crippen LogP contribution in [0.3, 0.4) is 0 Å². The summed E-state index contributed by atoms with van der Waals surface area (Å²) in [6.45, 7) is 7.78. The highest BCUT2D eigenvalue weighted by molar-refractivity contribution is 5.91. The average molecular weight is 322 g/mol. The zero-order valence-electron chi connectivity index (χ0n) is 14.3. The molecule has 128 valence electrons. The Balaban J connectivity index is 2.05. The fourth-order valence-electron chi connectivity index (χ4n) is 4.02. The Hall–Kier alpha value is -1.76. The van der Waals surface area contributed by atoms with Gasteiger partial charge in [0.25, 0.3) is 0 Å². The van der Waals surface area contributed by atoms with Crippen molar-refractivity contribution in [3.8, 4) is 0 Å². The third kappa shape index (κ3) is 4.37. The van der Waals surface area contributed by atoms with Crippen molar-refractivity contribution in [2.45, 2.75) is 59.0 Å². The maximum absolute atomic E-state index is 12.3. The Morgan fingerprint density at radius 1 is 1.43 bits per heavy atom. The van der Waals surface area contributed by atoms with Crippen LogP contribution < -0.4 is 5.32 Å². The highest BCUT2D eigenvalue weighted by Crippen LogP contribution is 2.43. The van der Waals surface area contributed by atoms with Gasteiger partial charge in [0.15, 0.2) is 5.78 Å². The zero-order chi connectivity index (χ0) is 17.3. The highest BCUT2D eigenvalue weighted by atomic mass is 16.3. The first kappa shape index (κ1) is 17.6. The molecule has 1 saturated carbocycles. The average Bonchev–Trinajstić information content (AvgIpc) is 2.84. The molecule has 1 aromatic heterocycles. The molecule has 0 aliphatic heterocycles. The number of rotatable bonds is 5. The largest absolute Gasteiger partial charge is 0.394 e. The Kier molecular flexibility index (Phi) is 4.89. The summed E-state index contributed by atoms with van der Waals surface area (Å²) in [5, 5.41) is 20.4. The predicted octanol–water partition coefficient (Wildman–Crippen LogP) is 1.17. The lowest BCUT2D eigenvalue weighted by molar-refractivity contribution is -0.126. The minimum absolute atomic E-state index is 0.0170. The van der Waals surface area contributed by atoms with E-state index >= 15 is 0 Å². The molecule has 1 heterocycles. The van der Waals surface area contributed by atoms with Crippen molar-refractivity contribution in [1.29, 1.82) is 0 Å². The Morgan fingerprint density at radius 3 is 2.65 bits per heavy atom. The number of hydrogen-bond acceptors (Lipinski definition) is 5. The van der Waals surface area contributed by atoms with E-state index in [0.29, 0.717) is 5.92 Å². The number of aliphatic hydroxyl groups excluding tert-OH is 1.